The van der Waals surface area contributed by atoms with Crippen molar-refractivity contribution in [2.75, 3.05) is 11.9 Å². The molecule has 6 aliphatic rings. The van der Waals surface area contributed by atoms with E-state index in [1.165, 1.54) is 37.7 Å². The summed E-state index contributed by atoms with van der Waals surface area (Å²) in [6.45, 7) is 0. The van der Waals surface area contributed by atoms with Crippen LogP contribution >= 0.6 is 0 Å². The van der Waals surface area contributed by atoms with Crippen LogP contribution in [-0.2, 0) is 15.4 Å². The molecule has 4 heteroatoms. The first-order valence-electron chi connectivity index (χ1n) is 10.7. The quantitative estimate of drug-likeness (QED) is 0.667. The monoisotopic (exact) mass is 375 g/mol. The van der Waals surface area contributed by atoms with E-state index < -0.39 is 5.60 Å². The minimum Gasteiger partial charge on any atom is -0.506 e. The van der Waals surface area contributed by atoms with Crippen molar-refractivity contribution in [3.63, 3.8) is 0 Å². The minimum absolute atomic E-state index is 0.305. The Morgan fingerprint density at radius 2 is 1.54 bits per heavy atom. The lowest BCUT2D eigenvalue weighted by atomic mass is 9.44. The van der Waals surface area contributed by atoms with Crippen LogP contribution in [0.2, 0.25) is 0 Å². The molecule has 2 aliphatic heterocycles. The fourth-order valence-corrected chi connectivity index (χ4v) is 7.82. The Labute approximate surface area is 165 Å². The highest BCUT2D eigenvalue weighted by Gasteiger charge is 2.77. The molecule has 1 N–H and O–H groups in total. The van der Waals surface area contributed by atoms with E-state index in [4.69, 9.17) is 9.78 Å². The van der Waals surface area contributed by atoms with E-state index in [1.807, 2.05) is 13.1 Å². The molecule has 0 amide bonds. The van der Waals surface area contributed by atoms with Gasteiger partial charge in [0.1, 0.15) is 11.4 Å². The van der Waals surface area contributed by atoms with Gasteiger partial charge in [0.05, 0.1) is 5.69 Å². The van der Waals surface area contributed by atoms with E-state index in [0.717, 1.165) is 28.8 Å². The summed E-state index contributed by atoms with van der Waals surface area (Å²) in [7, 11) is 2.04. The van der Waals surface area contributed by atoms with Crippen molar-refractivity contribution < 1.29 is 14.9 Å². The van der Waals surface area contributed by atoms with Crippen molar-refractivity contribution in [2.45, 2.75) is 43.3 Å². The molecule has 8 rings (SSSR count). The maximum absolute atomic E-state index is 10.8. The summed E-state index contributed by atoms with van der Waals surface area (Å²) in [6, 6.07) is 14.4. The molecule has 5 fully saturated rings. The van der Waals surface area contributed by atoms with Crippen LogP contribution in [0.3, 0.4) is 0 Å². The topological polar surface area (TPSA) is 41.9 Å². The van der Waals surface area contributed by atoms with Gasteiger partial charge in [-0.1, -0.05) is 30.3 Å². The molecule has 4 nitrogen and oxygen atoms in total. The maximum Gasteiger partial charge on any atom is 0.190 e. The van der Waals surface area contributed by atoms with Gasteiger partial charge >= 0.3 is 0 Å². The van der Waals surface area contributed by atoms with Crippen molar-refractivity contribution in [1.29, 1.82) is 0 Å². The second-order valence-corrected chi connectivity index (χ2v) is 9.69. The zero-order chi connectivity index (χ0) is 18.7. The van der Waals surface area contributed by atoms with Crippen LogP contribution in [0.15, 0.2) is 42.5 Å². The second-order valence-electron chi connectivity index (χ2n) is 9.69. The van der Waals surface area contributed by atoms with Crippen LogP contribution in [-0.4, -0.2) is 17.8 Å². The Bertz CT molecular complexity index is 973. The zero-order valence-corrected chi connectivity index (χ0v) is 16.1. The van der Waals surface area contributed by atoms with Gasteiger partial charge in [0, 0.05) is 23.9 Å². The first kappa shape index (κ1) is 15.8. The lowest BCUT2D eigenvalue weighted by Crippen LogP contribution is -2.76. The van der Waals surface area contributed by atoms with Crippen molar-refractivity contribution in [2.24, 2.45) is 23.7 Å². The second kappa shape index (κ2) is 4.92. The molecule has 4 saturated carbocycles. The van der Waals surface area contributed by atoms with Gasteiger partial charge in [-0.15, -0.1) is 0 Å². The third-order valence-electron chi connectivity index (χ3n) is 8.58. The summed E-state index contributed by atoms with van der Waals surface area (Å²) in [6.07, 6.45) is 6.43. The molecule has 4 aliphatic carbocycles. The molecule has 1 unspecified atom stereocenters. The molecule has 2 spiro atoms. The number of phenolic OH excluding ortho intramolecular Hbond substituents is 1. The van der Waals surface area contributed by atoms with E-state index in [0.29, 0.717) is 17.6 Å². The van der Waals surface area contributed by atoms with Crippen molar-refractivity contribution in [1.82, 2.24) is 0 Å². The Balaban J connectivity index is 1.53. The molecule has 1 atom stereocenters. The van der Waals surface area contributed by atoms with Gasteiger partial charge in [-0.2, -0.15) is 0 Å². The Kier molecular flexibility index (Phi) is 2.78. The fraction of sp³-hybridized carbons (Fsp3) is 0.500. The van der Waals surface area contributed by atoms with Gasteiger partial charge < -0.3 is 10.0 Å². The lowest BCUT2D eigenvalue weighted by molar-refractivity contribution is -0.583. The molecule has 0 radical (unpaired) electrons. The average Bonchev–Trinajstić information content (AvgIpc) is 2.67. The van der Waals surface area contributed by atoms with E-state index >= 15 is 0 Å². The first-order chi connectivity index (χ1) is 13.6. The molecule has 28 heavy (non-hydrogen) atoms. The Morgan fingerprint density at radius 1 is 0.857 bits per heavy atom. The number of nitrogens with zero attached hydrogens (tertiary/aromatic N) is 1. The number of phenols is 1. The number of hydrogen-bond acceptors (Lipinski definition) is 4. The highest BCUT2D eigenvalue weighted by atomic mass is 17.3. The molecule has 2 aromatic carbocycles. The number of anilines is 2. The normalized spacial score (nSPS) is 41.8. The molecule has 1 saturated heterocycles. The number of benzene rings is 2. The summed E-state index contributed by atoms with van der Waals surface area (Å²) >= 11 is 0. The van der Waals surface area contributed by atoms with E-state index in [1.54, 1.807) is 6.07 Å². The Hall–Kier alpha value is -2.04. The van der Waals surface area contributed by atoms with E-state index in [2.05, 4.69) is 35.2 Å². The predicted molar refractivity (Wildman–Crippen MR) is 105 cm³/mol. The third kappa shape index (κ3) is 1.53. The van der Waals surface area contributed by atoms with E-state index in [-0.39, 0.29) is 5.60 Å². The van der Waals surface area contributed by atoms with Gasteiger partial charge in [-0.25, -0.2) is 9.78 Å². The zero-order valence-electron chi connectivity index (χ0n) is 16.1. The van der Waals surface area contributed by atoms with Gasteiger partial charge in [-0.3, -0.25) is 0 Å². The molecule has 0 aromatic heterocycles. The van der Waals surface area contributed by atoms with Gasteiger partial charge in [0.25, 0.3) is 0 Å². The van der Waals surface area contributed by atoms with Crippen LogP contribution < -0.4 is 4.90 Å². The number of hydrogen-bond donors (Lipinski definition) is 1. The summed E-state index contributed by atoms with van der Waals surface area (Å²) in [5, 5.41) is 10.8. The van der Waals surface area contributed by atoms with Crippen LogP contribution in [0.25, 0.3) is 0 Å². The highest BCUT2D eigenvalue weighted by Crippen LogP contribution is 2.73. The standard InChI is InChI=1S/C24H25NO3/c1-25-20-7-3-2-5-18(20)24(19-6-4-8-21(26)22(19)25)23(27-28-24)16-10-14-9-15(12-16)13-17(23)11-14/h2-8,14-17,26H,9-13H2,1H3. The summed E-state index contributed by atoms with van der Waals surface area (Å²) in [4.78, 5) is 14.6. The molecule has 144 valence electrons. The molecular formula is C24H25NO3. The van der Waals surface area contributed by atoms with Crippen molar-refractivity contribution in [3.05, 3.63) is 53.6 Å². The summed E-state index contributed by atoms with van der Waals surface area (Å²) in [5.41, 5.74) is 3.29. The Morgan fingerprint density at radius 3 is 2.21 bits per heavy atom. The number of fused-ring (bicyclic) bond motifs is 4. The third-order valence-corrected chi connectivity index (χ3v) is 8.58. The average molecular weight is 375 g/mol. The maximum atomic E-state index is 10.8. The smallest absolute Gasteiger partial charge is 0.190 e. The predicted octanol–water partition coefficient (Wildman–Crippen LogP) is 4.87. The van der Waals surface area contributed by atoms with Crippen LogP contribution in [0.4, 0.5) is 11.4 Å². The SMILES string of the molecule is CN1c2ccccc2C2(OOC23C2CC4CC(C2)CC3C4)c2cccc(O)c21. The minimum atomic E-state index is -0.618. The lowest BCUT2D eigenvalue weighted by Gasteiger charge is -2.70. The molecule has 2 aromatic rings. The van der Waals surface area contributed by atoms with E-state index in [9.17, 15) is 5.11 Å². The largest absolute Gasteiger partial charge is 0.506 e. The van der Waals surface area contributed by atoms with Crippen LogP contribution in [0, 0.1) is 23.7 Å². The molecule has 2 heterocycles. The van der Waals surface area contributed by atoms with Gasteiger partial charge in [-0.05, 0) is 67.9 Å². The van der Waals surface area contributed by atoms with Crippen molar-refractivity contribution in [3.8, 4) is 5.75 Å². The number of para-hydroxylation sites is 2. The van der Waals surface area contributed by atoms with Crippen LogP contribution in [0.5, 0.6) is 5.75 Å². The molecule has 4 bridgehead atoms. The first-order valence-corrected chi connectivity index (χ1v) is 10.7. The summed E-state index contributed by atoms with van der Waals surface area (Å²) in [5.74, 6) is 3.09. The fourth-order valence-electron chi connectivity index (χ4n) is 7.82. The van der Waals surface area contributed by atoms with Gasteiger partial charge in [0.15, 0.2) is 5.60 Å². The molecular weight excluding hydrogens is 350 g/mol. The summed E-state index contributed by atoms with van der Waals surface area (Å²) < 4.78 is 0. The highest BCUT2D eigenvalue weighted by molar-refractivity contribution is 5.82. The number of rotatable bonds is 0. The van der Waals surface area contributed by atoms with Crippen LogP contribution in [0.1, 0.15) is 43.2 Å². The van der Waals surface area contributed by atoms with Crippen molar-refractivity contribution >= 4 is 11.4 Å². The van der Waals surface area contributed by atoms with Gasteiger partial charge in [0.2, 0.25) is 0 Å². The number of aromatic hydroxyl groups is 1.